The molecule has 0 bridgehead atoms. The highest BCUT2D eigenvalue weighted by Gasteiger charge is 2.44. The Hall–Kier alpha value is -2.96. The molecule has 0 atom stereocenters. The molecule has 1 saturated heterocycles. The highest BCUT2D eigenvalue weighted by Crippen LogP contribution is 2.45. The fourth-order valence-electron chi connectivity index (χ4n) is 5.18. The molecule has 0 radical (unpaired) electrons. The number of aromatic amines is 1. The number of piperidine rings is 1. The van der Waals surface area contributed by atoms with Gasteiger partial charge in [-0.3, -0.25) is 4.79 Å². The second-order valence-electron chi connectivity index (χ2n) is 8.94. The molecule has 1 aromatic carbocycles. The molecule has 6 rings (SSSR count). The van der Waals surface area contributed by atoms with E-state index in [1.807, 2.05) is 30.3 Å². The Morgan fingerprint density at radius 2 is 1.87 bits per heavy atom. The van der Waals surface area contributed by atoms with E-state index in [4.69, 9.17) is 9.51 Å². The van der Waals surface area contributed by atoms with E-state index in [9.17, 15) is 4.79 Å². The molecule has 1 N–H and O–H groups in total. The van der Waals surface area contributed by atoms with Gasteiger partial charge in [0.25, 0.3) is 11.5 Å². The van der Waals surface area contributed by atoms with E-state index in [1.54, 1.807) is 0 Å². The van der Waals surface area contributed by atoms with Gasteiger partial charge in [0.05, 0.1) is 5.69 Å². The van der Waals surface area contributed by atoms with Gasteiger partial charge in [0.1, 0.15) is 5.82 Å². The Morgan fingerprint density at radius 1 is 1.07 bits per heavy atom. The molecule has 1 spiro atoms. The third kappa shape index (κ3) is 2.79. The minimum Gasteiger partial charge on any atom is -0.338 e. The van der Waals surface area contributed by atoms with Gasteiger partial charge in [0, 0.05) is 35.5 Å². The maximum absolute atomic E-state index is 12.8. The van der Waals surface area contributed by atoms with Crippen molar-refractivity contribution in [3.63, 3.8) is 0 Å². The second-order valence-corrected chi connectivity index (χ2v) is 8.94. The molecule has 0 amide bonds. The Labute approximate surface area is 174 Å². The van der Waals surface area contributed by atoms with Crippen LogP contribution in [0, 0.1) is 0 Å². The molecule has 3 aliphatic rings. The Morgan fingerprint density at radius 3 is 2.60 bits per heavy atom. The normalized spacial score (nSPS) is 20.3. The van der Waals surface area contributed by atoms with Crippen LogP contribution >= 0.6 is 0 Å². The number of benzene rings is 1. The van der Waals surface area contributed by atoms with Crippen LogP contribution in [0.5, 0.6) is 0 Å². The predicted octanol–water partition coefficient (Wildman–Crippen LogP) is 3.57. The van der Waals surface area contributed by atoms with Crippen molar-refractivity contribution < 1.29 is 4.52 Å². The number of nitrogens with zero attached hydrogens (tertiary/aromatic N) is 4. The van der Waals surface area contributed by atoms with Gasteiger partial charge in [0.2, 0.25) is 5.89 Å². The summed E-state index contributed by atoms with van der Waals surface area (Å²) >= 11 is 0. The molecular weight excluding hydrogens is 378 g/mol. The molecule has 1 saturated carbocycles. The molecule has 2 aromatic heterocycles. The van der Waals surface area contributed by atoms with Crippen molar-refractivity contribution in [3.8, 4) is 11.4 Å². The maximum Gasteiger partial charge on any atom is 0.266 e. The Bertz CT molecular complexity index is 1120. The zero-order chi connectivity index (χ0) is 20.1. The van der Waals surface area contributed by atoms with Crippen LogP contribution in [0.25, 0.3) is 11.4 Å². The summed E-state index contributed by atoms with van der Waals surface area (Å²) < 4.78 is 5.51. The van der Waals surface area contributed by atoms with Crippen LogP contribution in [0.1, 0.15) is 61.6 Å². The van der Waals surface area contributed by atoms with E-state index in [-0.39, 0.29) is 11.0 Å². The Kier molecular flexibility index (Phi) is 4.04. The first kappa shape index (κ1) is 17.9. The average molecular weight is 403 g/mol. The van der Waals surface area contributed by atoms with Crippen molar-refractivity contribution in [2.45, 2.75) is 56.3 Å². The summed E-state index contributed by atoms with van der Waals surface area (Å²) in [5, 5.41) is 4.24. The van der Waals surface area contributed by atoms with Crippen LogP contribution in [0.2, 0.25) is 0 Å². The number of hydrogen-bond acceptors (Lipinski definition) is 6. The molecule has 30 heavy (non-hydrogen) atoms. The smallest absolute Gasteiger partial charge is 0.266 e. The van der Waals surface area contributed by atoms with E-state index < -0.39 is 0 Å². The molecular formula is C23H25N5O2. The fourth-order valence-corrected chi connectivity index (χ4v) is 5.18. The summed E-state index contributed by atoms with van der Waals surface area (Å²) in [4.78, 5) is 27.6. The van der Waals surface area contributed by atoms with Gasteiger partial charge < -0.3 is 14.4 Å². The summed E-state index contributed by atoms with van der Waals surface area (Å²) in [5.74, 6) is 2.64. The zero-order valence-electron chi connectivity index (χ0n) is 16.9. The highest BCUT2D eigenvalue weighted by molar-refractivity contribution is 5.55. The molecule has 154 valence electrons. The van der Waals surface area contributed by atoms with E-state index in [0.717, 1.165) is 74.3 Å². The molecule has 2 fully saturated rings. The van der Waals surface area contributed by atoms with Gasteiger partial charge in [-0.15, -0.1) is 0 Å². The van der Waals surface area contributed by atoms with Crippen molar-refractivity contribution in [1.82, 2.24) is 20.1 Å². The minimum absolute atomic E-state index is 0.0152. The van der Waals surface area contributed by atoms with Crippen LogP contribution < -0.4 is 10.5 Å². The van der Waals surface area contributed by atoms with Gasteiger partial charge in [-0.25, -0.2) is 4.98 Å². The standard InChI is InChI=1S/C23H25N5O2/c29-20-17-9-10-23(18(17)24-19(25-20)15-5-2-1-3-6-15)11-13-28(14-12-23)22-26-21(30-27-22)16-7-4-8-16/h1-3,5-6,16H,4,7-14H2,(H,24,25,29). The lowest BCUT2D eigenvalue weighted by Gasteiger charge is -2.38. The lowest BCUT2D eigenvalue weighted by Crippen LogP contribution is -2.42. The quantitative estimate of drug-likeness (QED) is 0.719. The monoisotopic (exact) mass is 403 g/mol. The van der Waals surface area contributed by atoms with Crippen molar-refractivity contribution in [2.24, 2.45) is 0 Å². The summed E-state index contributed by atoms with van der Waals surface area (Å²) in [6.45, 7) is 1.72. The fraction of sp³-hybridized carbons (Fsp3) is 0.478. The third-order valence-corrected chi connectivity index (χ3v) is 7.31. The van der Waals surface area contributed by atoms with Gasteiger partial charge in [-0.05, 0) is 43.7 Å². The molecule has 1 aliphatic heterocycles. The molecule has 3 aromatic rings. The molecule has 7 heteroatoms. The zero-order valence-corrected chi connectivity index (χ0v) is 16.9. The van der Waals surface area contributed by atoms with Crippen molar-refractivity contribution in [3.05, 3.63) is 57.8 Å². The SMILES string of the molecule is O=c1[nH]c(-c2ccccc2)nc2c1CCC21CCN(c2noc(C3CCC3)n2)CC1. The van der Waals surface area contributed by atoms with Crippen molar-refractivity contribution >= 4 is 5.95 Å². The first-order valence-electron chi connectivity index (χ1n) is 11.0. The van der Waals surface area contributed by atoms with Gasteiger partial charge in [-0.2, -0.15) is 4.98 Å². The lowest BCUT2D eigenvalue weighted by molar-refractivity contribution is 0.290. The summed E-state index contributed by atoms with van der Waals surface area (Å²) in [6.07, 6.45) is 7.28. The van der Waals surface area contributed by atoms with E-state index in [1.165, 1.54) is 6.42 Å². The van der Waals surface area contributed by atoms with Crippen LogP contribution in [0.15, 0.2) is 39.6 Å². The van der Waals surface area contributed by atoms with Gasteiger partial charge >= 0.3 is 0 Å². The summed E-state index contributed by atoms with van der Waals surface area (Å²) in [7, 11) is 0. The number of nitrogens with one attached hydrogen (secondary N) is 1. The van der Waals surface area contributed by atoms with E-state index in [2.05, 4.69) is 20.0 Å². The maximum atomic E-state index is 12.8. The van der Waals surface area contributed by atoms with E-state index in [0.29, 0.717) is 17.7 Å². The number of aromatic nitrogens is 4. The van der Waals surface area contributed by atoms with Gasteiger partial charge in [-0.1, -0.05) is 36.8 Å². The number of H-pyrrole nitrogens is 1. The van der Waals surface area contributed by atoms with Crippen LogP contribution in [0.4, 0.5) is 5.95 Å². The predicted molar refractivity (Wildman–Crippen MR) is 113 cm³/mol. The van der Waals surface area contributed by atoms with Crippen molar-refractivity contribution in [1.29, 1.82) is 0 Å². The largest absolute Gasteiger partial charge is 0.338 e. The second kappa shape index (κ2) is 6.79. The minimum atomic E-state index is -0.0236. The number of hydrogen-bond donors (Lipinski definition) is 1. The first-order chi connectivity index (χ1) is 14.7. The number of anilines is 1. The van der Waals surface area contributed by atoms with E-state index >= 15 is 0 Å². The number of rotatable bonds is 3. The molecule has 0 unspecified atom stereocenters. The van der Waals surface area contributed by atoms with Crippen LogP contribution in [-0.4, -0.2) is 33.2 Å². The van der Waals surface area contributed by atoms with Crippen LogP contribution in [-0.2, 0) is 11.8 Å². The highest BCUT2D eigenvalue weighted by atomic mass is 16.5. The molecule has 3 heterocycles. The first-order valence-corrected chi connectivity index (χ1v) is 11.0. The third-order valence-electron chi connectivity index (χ3n) is 7.31. The summed E-state index contributed by atoms with van der Waals surface area (Å²) in [5.41, 5.74) is 2.82. The van der Waals surface area contributed by atoms with Crippen LogP contribution in [0.3, 0.4) is 0 Å². The van der Waals surface area contributed by atoms with Gasteiger partial charge in [0.15, 0.2) is 0 Å². The van der Waals surface area contributed by atoms with Crippen molar-refractivity contribution in [2.75, 3.05) is 18.0 Å². The average Bonchev–Trinajstić information content (AvgIpc) is 3.35. The lowest BCUT2D eigenvalue weighted by atomic mass is 9.76. The molecule has 7 nitrogen and oxygen atoms in total. The summed E-state index contributed by atoms with van der Waals surface area (Å²) in [6, 6.07) is 9.90. The number of fused-ring (bicyclic) bond motifs is 2. The molecule has 2 aliphatic carbocycles. The Balaban J connectivity index is 1.26. The topological polar surface area (TPSA) is 87.9 Å².